The number of carbonyl (C=O) groups is 2. The summed E-state index contributed by atoms with van der Waals surface area (Å²) in [4.78, 5) is 49.5. The molecule has 0 fully saturated rings. The molecule has 0 spiro atoms. The fourth-order valence-corrected chi connectivity index (χ4v) is 8.28. The van der Waals surface area contributed by atoms with Crippen molar-refractivity contribution < 1.29 is 14.5 Å². The molecule has 0 saturated carbocycles. The quantitative estimate of drug-likeness (QED) is 0.0459. The van der Waals surface area contributed by atoms with Crippen LogP contribution in [0, 0.1) is 10.1 Å². The number of fused-ring (bicyclic) bond motifs is 2. The summed E-state index contributed by atoms with van der Waals surface area (Å²) in [6, 6.07) is 24.8. The van der Waals surface area contributed by atoms with E-state index in [2.05, 4.69) is 36.2 Å². The first-order chi connectivity index (χ1) is 21.8. The maximum Gasteiger partial charge on any atom is 0.270 e. The van der Waals surface area contributed by atoms with Crippen molar-refractivity contribution in [2.75, 3.05) is 16.8 Å². The summed E-state index contributed by atoms with van der Waals surface area (Å²) in [5.41, 5.74) is 4.30. The highest BCUT2D eigenvalue weighted by Crippen LogP contribution is 2.34. The fraction of sp³-hybridized carbons (Fsp3) is 0.0645. The van der Waals surface area contributed by atoms with Crippen LogP contribution in [0.5, 0.6) is 0 Å². The van der Waals surface area contributed by atoms with Crippen molar-refractivity contribution in [3.63, 3.8) is 0 Å². The van der Waals surface area contributed by atoms with Gasteiger partial charge in [0.15, 0.2) is 14.5 Å². The van der Waals surface area contributed by atoms with E-state index in [9.17, 15) is 19.7 Å². The molecule has 4 aromatic carbocycles. The molecule has 0 aliphatic carbocycles. The number of nitro benzene ring substituents is 1. The molecule has 0 saturated heterocycles. The highest BCUT2D eigenvalue weighted by molar-refractivity contribution is 9.10. The number of thiazole rings is 2. The molecule has 0 aliphatic heterocycles. The topological polar surface area (TPSA) is 127 Å². The summed E-state index contributed by atoms with van der Waals surface area (Å²) >= 11 is 9.10. The van der Waals surface area contributed by atoms with Crippen molar-refractivity contribution in [2.45, 2.75) is 8.68 Å². The first-order valence-electron chi connectivity index (χ1n) is 13.2. The number of ketones is 1. The number of benzene rings is 4. The van der Waals surface area contributed by atoms with Crippen LogP contribution in [-0.2, 0) is 4.79 Å². The maximum atomic E-state index is 12.7. The number of nitro groups is 1. The Morgan fingerprint density at radius 3 is 2.31 bits per heavy atom. The lowest BCUT2D eigenvalue weighted by Crippen LogP contribution is -2.13. The molecular weight excluding hydrogens is 715 g/mol. The molecule has 1 N–H and O–H groups in total. The van der Waals surface area contributed by atoms with E-state index in [-0.39, 0.29) is 23.1 Å². The molecule has 9 nitrogen and oxygen atoms in total. The summed E-state index contributed by atoms with van der Waals surface area (Å²) in [6.07, 6.45) is 1.59. The number of aromatic nitrogens is 2. The third kappa shape index (κ3) is 8.02. The van der Waals surface area contributed by atoms with Crippen molar-refractivity contribution in [2.24, 2.45) is 4.99 Å². The lowest BCUT2D eigenvalue weighted by Gasteiger charge is -2.03. The number of nitrogens with one attached hydrogen (secondary N) is 1. The van der Waals surface area contributed by atoms with Crippen molar-refractivity contribution in [3.05, 3.63) is 111 Å². The smallest absolute Gasteiger partial charge is 0.270 e. The van der Waals surface area contributed by atoms with Crippen LogP contribution in [0.25, 0.3) is 20.4 Å². The first-order valence-corrected chi connectivity index (χ1v) is 17.6. The second-order valence-corrected chi connectivity index (χ2v) is 14.9. The molecule has 0 aliphatic rings. The number of nitrogens with zero attached hydrogens (tertiary/aromatic N) is 4. The Bertz CT molecular complexity index is 2100. The largest absolute Gasteiger partial charge is 0.325 e. The van der Waals surface area contributed by atoms with Crippen LogP contribution in [0.2, 0.25) is 0 Å². The lowest BCUT2D eigenvalue weighted by atomic mass is 10.2. The van der Waals surface area contributed by atoms with Gasteiger partial charge in [0, 0.05) is 34.1 Å². The van der Waals surface area contributed by atoms with Gasteiger partial charge in [-0.1, -0.05) is 63.7 Å². The average molecular weight is 735 g/mol. The number of non-ortho nitro benzene ring substituents is 1. The number of Topliss-reactive ketones (excluding diaryl/α,β-unsaturated/α-hetero) is 1. The van der Waals surface area contributed by atoms with Gasteiger partial charge in [-0.05, 0) is 54.1 Å². The molecule has 0 unspecified atom stereocenters. The molecule has 0 radical (unpaired) electrons. The van der Waals surface area contributed by atoms with E-state index in [0.29, 0.717) is 28.3 Å². The van der Waals surface area contributed by atoms with Gasteiger partial charge < -0.3 is 5.32 Å². The van der Waals surface area contributed by atoms with Gasteiger partial charge in [-0.15, -0.1) is 22.7 Å². The molecule has 2 aromatic heterocycles. The number of anilines is 1. The fourth-order valence-electron chi connectivity index (χ4n) is 4.12. The zero-order valence-electron chi connectivity index (χ0n) is 23.0. The number of halogens is 1. The summed E-state index contributed by atoms with van der Waals surface area (Å²) < 4.78 is 4.33. The Morgan fingerprint density at radius 1 is 0.889 bits per heavy atom. The van der Waals surface area contributed by atoms with Crippen LogP contribution in [0.15, 0.2) is 103 Å². The molecule has 0 bridgehead atoms. The van der Waals surface area contributed by atoms with E-state index in [1.165, 1.54) is 58.3 Å². The Hall–Kier alpha value is -3.95. The van der Waals surface area contributed by atoms with Crippen LogP contribution in [0.4, 0.5) is 17.1 Å². The molecular formula is C31H20BrN5O4S4. The van der Waals surface area contributed by atoms with Gasteiger partial charge in [0.25, 0.3) is 5.69 Å². The van der Waals surface area contributed by atoms with Crippen LogP contribution >= 0.6 is 62.1 Å². The predicted octanol–water partition coefficient (Wildman–Crippen LogP) is 9.03. The van der Waals surface area contributed by atoms with Gasteiger partial charge >= 0.3 is 0 Å². The number of rotatable bonds is 11. The maximum absolute atomic E-state index is 12.7. The molecule has 1 amide bonds. The number of thioether (sulfide) groups is 2. The number of hydrogen-bond donors (Lipinski definition) is 1. The van der Waals surface area contributed by atoms with Crippen LogP contribution in [0.3, 0.4) is 0 Å². The zero-order chi connectivity index (χ0) is 31.3. The molecule has 6 rings (SSSR count). The molecule has 6 aromatic rings. The SMILES string of the molecule is O=C(CSc1nc2ccc(N=Cc3cccc([N+](=O)[O-])c3)cc2s1)Nc1ccc2nc(SCC(=O)c3ccc(Br)cc3)sc2c1. The van der Waals surface area contributed by atoms with Gasteiger partial charge in [-0.2, -0.15) is 0 Å². The van der Waals surface area contributed by atoms with Gasteiger partial charge in [0.05, 0.1) is 42.5 Å². The second-order valence-electron chi connectivity index (χ2n) is 9.46. The van der Waals surface area contributed by atoms with E-state index in [0.717, 1.165) is 33.6 Å². The summed E-state index contributed by atoms with van der Waals surface area (Å²) in [5.74, 6) is 0.373. The Balaban J connectivity index is 1.03. The van der Waals surface area contributed by atoms with Crippen molar-refractivity contribution in [1.82, 2.24) is 9.97 Å². The number of carbonyl (C=O) groups excluding carboxylic acids is 2. The average Bonchev–Trinajstić information content (AvgIpc) is 3.65. The van der Waals surface area contributed by atoms with E-state index in [4.69, 9.17) is 0 Å². The van der Waals surface area contributed by atoms with Gasteiger partial charge in [0.2, 0.25) is 5.91 Å². The molecule has 224 valence electrons. The minimum Gasteiger partial charge on any atom is -0.325 e. The van der Waals surface area contributed by atoms with Crippen molar-refractivity contribution >= 4 is 118 Å². The standard InChI is InChI=1S/C31H20BrN5O4S4/c32-20-6-4-19(5-7-20)26(38)16-42-30-35-25-11-9-22(14-28(25)45-30)34-29(39)17-43-31-36-24-10-8-21(13-27(24)44-31)33-15-18-2-1-3-23(12-18)37(40)41/h1-15H,16-17H2,(H,34,39). The zero-order valence-corrected chi connectivity index (χ0v) is 27.9. The summed E-state index contributed by atoms with van der Waals surface area (Å²) in [6.45, 7) is 0. The summed E-state index contributed by atoms with van der Waals surface area (Å²) in [7, 11) is 0. The molecule has 2 heterocycles. The normalized spacial score (nSPS) is 11.4. The number of hydrogen-bond acceptors (Lipinski definition) is 11. The molecule has 14 heteroatoms. The minimum atomic E-state index is -0.436. The van der Waals surface area contributed by atoms with Crippen molar-refractivity contribution in [1.29, 1.82) is 0 Å². The van der Waals surface area contributed by atoms with Crippen LogP contribution < -0.4 is 5.32 Å². The van der Waals surface area contributed by atoms with Crippen LogP contribution in [0.1, 0.15) is 15.9 Å². The van der Waals surface area contributed by atoms with E-state index >= 15 is 0 Å². The minimum absolute atomic E-state index is 0.0118. The number of aliphatic imine (C=N–C) groups is 1. The Morgan fingerprint density at radius 2 is 1.58 bits per heavy atom. The monoisotopic (exact) mass is 733 g/mol. The van der Waals surface area contributed by atoms with E-state index in [1.54, 1.807) is 30.5 Å². The Labute approximate surface area is 281 Å². The Kier molecular flexibility index (Phi) is 9.66. The highest BCUT2D eigenvalue weighted by Gasteiger charge is 2.13. The summed E-state index contributed by atoms with van der Waals surface area (Å²) in [5, 5.41) is 14.0. The van der Waals surface area contributed by atoms with Gasteiger partial charge in [-0.3, -0.25) is 24.7 Å². The molecule has 45 heavy (non-hydrogen) atoms. The van der Waals surface area contributed by atoms with Gasteiger partial charge in [-0.25, -0.2) is 9.97 Å². The second kappa shape index (κ2) is 14.0. The first kappa shape index (κ1) is 31.0. The van der Waals surface area contributed by atoms with E-state index in [1.807, 2.05) is 48.5 Å². The third-order valence-corrected chi connectivity index (χ3v) is 11.1. The highest BCUT2D eigenvalue weighted by atomic mass is 79.9. The molecule has 0 atom stereocenters. The van der Waals surface area contributed by atoms with Crippen LogP contribution in [-0.4, -0.2) is 44.3 Å². The predicted molar refractivity (Wildman–Crippen MR) is 188 cm³/mol. The van der Waals surface area contributed by atoms with Crippen molar-refractivity contribution in [3.8, 4) is 0 Å². The number of amides is 1. The third-order valence-electron chi connectivity index (χ3n) is 6.27. The van der Waals surface area contributed by atoms with E-state index < -0.39 is 4.92 Å². The van der Waals surface area contributed by atoms with Gasteiger partial charge in [0.1, 0.15) is 0 Å². The lowest BCUT2D eigenvalue weighted by molar-refractivity contribution is -0.384.